The van der Waals surface area contributed by atoms with Crippen molar-refractivity contribution >= 4 is 35.9 Å². The van der Waals surface area contributed by atoms with Crippen molar-refractivity contribution in [2.75, 3.05) is 27.2 Å². The molecule has 0 radical (unpaired) electrons. The Morgan fingerprint density at radius 3 is 2.24 bits per heavy atom. The van der Waals surface area contributed by atoms with E-state index in [4.69, 9.17) is 0 Å². The van der Waals surface area contributed by atoms with E-state index in [0.29, 0.717) is 6.42 Å². The van der Waals surface area contributed by atoms with Gasteiger partial charge in [0, 0.05) is 26.6 Å². The molecule has 0 bridgehead atoms. The lowest BCUT2D eigenvalue weighted by atomic mass is 10.1. The normalized spacial score (nSPS) is 11.0. The SMILES string of the molecule is CN=C(NCCCCCC(=O)OC)NCCCC(C)C.I. The summed E-state index contributed by atoms with van der Waals surface area (Å²) in [4.78, 5) is 15.1. The van der Waals surface area contributed by atoms with E-state index in [0.717, 1.165) is 50.7 Å². The van der Waals surface area contributed by atoms with Crippen LogP contribution in [-0.2, 0) is 9.53 Å². The zero-order valence-electron chi connectivity index (χ0n) is 13.9. The molecule has 0 spiro atoms. The quantitative estimate of drug-likeness (QED) is 0.190. The van der Waals surface area contributed by atoms with Gasteiger partial charge < -0.3 is 15.4 Å². The van der Waals surface area contributed by atoms with Crippen LogP contribution in [0.1, 0.15) is 52.4 Å². The number of rotatable bonds is 10. The van der Waals surface area contributed by atoms with Gasteiger partial charge in [0.1, 0.15) is 0 Å². The standard InChI is InChI=1S/C15H31N3O2.HI/c1-13(2)9-8-12-18-15(16-3)17-11-7-5-6-10-14(19)20-4;/h13H,5-12H2,1-4H3,(H2,16,17,18);1H. The zero-order valence-corrected chi connectivity index (χ0v) is 16.2. The summed E-state index contributed by atoms with van der Waals surface area (Å²) >= 11 is 0. The van der Waals surface area contributed by atoms with Crippen LogP contribution in [0.25, 0.3) is 0 Å². The van der Waals surface area contributed by atoms with E-state index in [-0.39, 0.29) is 29.9 Å². The lowest BCUT2D eigenvalue weighted by Crippen LogP contribution is -2.38. The number of carbonyl (C=O) groups excluding carboxylic acids is 1. The van der Waals surface area contributed by atoms with Crippen LogP contribution in [0.15, 0.2) is 4.99 Å². The van der Waals surface area contributed by atoms with Gasteiger partial charge in [-0.05, 0) is 31.6 Å². The minimum absolute atomic E-state index is 0. The van der Waals surface area contributed by atoms with Gasteiger partial charge in [0.15, 0.2) is 5.96 Å². The average molecular weight is 413 g/mol. The molecule has 0 aliphatic heterocycles. The van der Waals surface area contributed by atoms with Crippen molar-refractivity contribution in [1.82, 2.24) is 10.6 Å². The average Bonchev–Trinajstić information content (AvgIpc) is 2.44. The fraction of sp³-hybridized carbons (Fsp3) is 0.867. The number of hydrogen-bond acceptors (Lipinski definition) is 3. The van der Waals surface area contributed by atoms with E-state index >= 15 is 0 Å². The highest BCUT2D eigenvalue weighted by molar-refractivity contribution is 14.0. The molecule has 0 unspecified atom stereocenters. The van der Waals surface area contributed by atoms with Crippen molar-refractivity contribution in [2.45, 2.75) is 52.4 Å². The Morgan fingerprint density at radius 1 is 1.10 bits per heavy atom. The Kier molecular flexibility index (Phi) is 17.2. The molecule has 0 aromatic heterocycles. The molecule has 0 rings (SSSR count). The molecule has 21 heavy (non-hydrogen) atoms. The molecular weight excluding hydrogens is 381 g/mol. The summed E-state index contributed by atoms with van der Waals surface area (Å²) < 4.78 is 4.60. The topological polar surface area (TPSA) is 62.7 Å². The largest absolute Gasteiger partial charge is 0.469 e. The maximum atomic E-state index is 10.9. The third-order valence-electron chi connectivity index (χ3n) is 3.05. The first-order chi connectivity index (χ1) is 9.60. The minimum Gasteiger partial charge on any atom is -0.469 e. The number of aliphatic imine (C=N–C) groups is 1. The number of hydrogen-bond donors (Lipinski definition) is 2. The highest BCUT2D eigenvalue weighted by Gasteiger charge is 2.00. The van der Waals surface area contributed by atoms with E-state index < -0.39 is 0 Å². The van der Waals surface area contributed by atoms with Gasteiger partial charge in [0.25, 0.3) is 0 Å². The van der Waals surface area contributed by atoms with Crippen molar-refractivity contribution in [2.24, 2.45) is 10.9 Å². The number of esters is 1. The molecule has 0 saturated heterocycles. The Balaban J connectivity index is 0. The molecule has 0 amide bonds. The maximum Gasteiger partial charge on any atom is 0.305 e. The van der Waals surface area contributed by atoms with Crippen LogP contribution in [0.4, 0.5) is 0 Å². The van der Waals surface area contributed by atoms with E-state index in [2.05, 4.69) is 34.2 Å². The van der Waals surface area contributed by atoms with Crippen LogP contribution in [0, 0.1) is 5.92 Å². The Labute approximate surface area is 146 Å². The van der Waals surface area contributed by atoms with Gasteiger partial charge in [0.05, 0.1) is 7.11 Å². The van der Waals surface area contributed by atoms with Gasteiger partial charge in [0.2, 0.25) is 0 Å². The summed E-state index contributed by atoms with van der Waals surface area (Å²) in [7, 11) is 3.22. The van der Waals surface area contributed by atoms with E-state index in [1.165, 1.54) is 13.5 Å². The second kappa shape index (κ2) is 15.9. The number of ether oxygens (including phenoxy) is 1. The molecule has 2 N–H and O–H groups in total. The Bertz CT molecular complexity index is 284. The number of nitrogens with one attached hydrogen (secondary N) is 2. The maximum absolute atomic E-state index is 10.9. The first kappa shape index (κ1) is 22.7. The fourth-order valence-corrected chi connectivity index (χ4v) is 1.82. The Morgan fingerprint density at radius 2 is 1.71 bits per heavy atom. The third kappa shape index (κ3) is 15.7. The summed E-state index contributed by atoms with van der Waals surface area (Å²) in [6.07, 6.45) is 5.85. The molecule has 5 nitrogen and oxygen atoms in total. The van der Waals surface area contributed by atoms with Crippen LogP contribution >= 0.6 is 24.0 Å². The number of methoxy groups -OCH3 is 1. The van der Waals surface area contributed by atoms with Crippen molar-refractivity contribution in [3.05, 3.63) is 0 Å². The van der Waals surface area contributed by atoms with Gasteiger partial charge in [-0.3, -0.25) is 9.79 Å². The lowest BCUT2D eigenvalue weighted by molar-refractivity contribution is -0.140. The number of carbonyl (C=O) groups is 1. The predicted octanol–water partition coefficient (Wildman–Crippen LogP) is 2.94. The van der Waals surface area contributed by atoms with E-state index in [9.17, 15) is 4.79 Å². The van der Waals surface area contributed by atoms with Crippen molar-refractivity contribution in [3.63, 3.8) is 0 Å². The van der Waals surface area contributed by atoms with Gasteiger partial charge in [-0.2, -0.15) is 0 Å². The number of guanidine groups is 1. The highest BCUT2D eigenvalue weighted by atomic mass is 127. The van der Waals surface area contributed by atoms with Crippen LogP contribution < -0.4 is 10.6 Å². The molecule has 6 heteroatoms. The van der Waals surface area contributed by atoms with Gasteiger partial charge >= 0.3 is 5.97 Å². The summed E-state index contributed by atoms with van der Waals surface area (Å²) in [5, 5.41) is 6.59. The molecular formula is C15H32IN3O2. The van der Waals surface area contributed by atoms with Crippen LogP contribution in [-0.4, -0.2) is 39.2 Å². The zero-order chi connectivity index (χ0) is 15.2. The molecule has 0 aromatic rings. The first-order valence-electron chi connectivity index (χ1n) is 7.61. The third-order valence-corrected chi connectivity index (χ3v) is 3.05. The molecule has 126 valence electrons. The molecule has 0 atom stereocenters. The molecule has 0 saturated carbocycles. The Hall–Kier alpha value is -0.530. The number of halogens is 1. The lowest BCUT2D eigenvalue weighted by Gasteiger charge is -2.12. The molecule has 0 aliphatic carbocycles. The fourth-order valence-electron chi connectivity index (χ4n) is 1.82. The molecule has 0 aromatic carbocycles. The van der Waals surface area contributed by atoms with E-state index in [1.807, 2.05) is 0 Å². The van der Waals surface area contributed by atoms with Crippen molar-refractivity contribution < 1.29 is 9.53 Å². The highest BCUT2D eigenvalue weighted by Crippen LogP contribution is 2.02. The smallest absolute Gasteiger partial charge is 0.305 e. The summed E-state index contributed by atoms with van der Waals surface area (Å²) in [5.74, 6) is 1.49. The van der Waals surface area contributed by atoms with Gasteiger partial charge in [-0.25, -0.2) is 0 Å². The molecule has 0 heterocycles. The van der Waals surface area contributed by atoms with Crippen LogP contribution in [0.2, 0.25) is 0 Å². The summed E-state index contributed by atoms with van der Waals surface area (Å²) in [6, 6.07) is 0. The monoisotopic (exact) mass is 413 g/mol. The first-order valence-corrected chi connectivity index (χ1v) is 7.61. The molecule has 0 aliphatic rings. The van der Waals surface area contributed by atoms with Crippen LogP contribution in [0.3, 0.4) is 0 Å². The van der Waals surface area contributed by atoms with Crippen LogP contribution in [0.5, 0.6) is 0 Å². The predicted molar refractivity (Wildman–Crippen MR) is 99.3 cm³/mol. The number of unbranched alkanes of at least 4 members (excludes halogenated alkanes) is 2. The van der Waals surface area contributed by atoms with E-state index in [1.54, 1.807) is 7.05 Å². The summed E-state index contributed by atoms with van der Waals surface area (Å²) in [5.41, 5.74) is 0. The second-order valence-electron chi connectivity index (χ2n) is 5.35. The summed E-state index contributed by atoms with van der Waals surface area (Å²) in [6.45, 7) is 6.31. The van der Waals surface area contributed by atoms with Crippen molar-refractivity contribution in [3.8, 4) is 0 Å². The van der Waals surface area contributed by atoms with Gasteiger partial charge in [-0.15, -0.1) is 24.0 Å². The number of nitrogens with zero attached hydrogens (tertiary/aromatic N) is 1. The van der Waals surface area contributed by atoms with Crippen molar-refractivity contribution in [1.29, 1.82) is 0 Å². The van der Waals surface area contributed by atoms with Gasteiger partial charge in [-0.1, -0.05) is 20.3 Å². The second-order valence-corrected chi connectivity index (χ2v) is 5.35. The minimum atomic E-state index is -0.124. The molecule has 0 fully saturated rings.